The zero-order valence-electron chi connectivity index (χ0n) is 11.8. The molecule has 1 aliphatic heterocycles. The molecule has 0 spiro atoms. The first-order valence-corrected chi connectivity index (χ1v) is 7.23. The quantitative estimate of drug-likeness (QED) is 0.895. The number of aromatic nitrogens is 1. The number of carbonyl (C=O) groups is 1. The summed E-state index contributed by atoms with van der Waals surface area (Å²) in [6.07, 6.45) is 3.35. The van der Waals surface area contributed by atoms with Crippen LogP contribution in [-0.4, -0.2) is 34.9 Å². The molecule has 1 aromatic carbocycles. The van der Waals surface area contributed by atoms with Crippen molar-refractivity contribution >= 4 is 16.8 Å². The highest BCUT2D eigenvalue weighted by Gasteiger charge is 2.29. The molecule has 1 fully saturated rings. The second-order valence-electron chi connectivity index (χ2n) is 5.80. The number of nitrogens with zero attached hydrogens (tertiary/aromatic N) is 1. The number of likely N-dealkylation sites (tertiary alicyclic amines) is 1. The number of fused-ring (bicyclic) bond motifs is 1. The number of nitrogens with two attached hydrogens (primary N) is 1. The lowest BCUT2D eigenvalue weighted by atomic mass is 10.1. The van der Waals surface area contributed by atoms with Gasteiger partial charge >= 0.3 is 0 Å². The summed E-state index contributed by atoms with van der Waals surface area (Å²) < 4.78 is 0. The normalized spacial score (nSPS) is 22.6. The van der Waals surface area contributed by atoms with Crippen LogP contribution >= 0.6 is 0 Å². The van der Waals surface area contributed by atoms with E-state index in [9.17, 15) is 4.79 Å². The molecule has 2 heterocycles. The number of para-hydroxylation sites is 1. The average Bonchev–Trinajstić information content (AvgIpc) is 3.01. The third-order valence-corrected chi connectivity index (χ3v) is 4.31. The van der Waals surface area contributed by atoms with Crippen molar-refractivity contribution in [1.29, 1.82) is 0 Å². The molecule has 4 heteroatoms. The zero-order chi connectivity index (χ0) is 14.1. The van der Waals surface area contributed by atoms with Gasteiger partial charge < -0.3 is 15.6 Å². The van der Waals surface area contributed by atoms with E-state index in [4.69, 9.17) is 5.73 Å². The Labute approximate surface area is 118 Å². The predicted molar refractivity (Wildman–Crippen MR) is 80.3 cm³/mol. The minimum Gasteiger partial charge on any atom is -0.361 e. The van der Waals surface area contributed by atoms with Gasteiger partial charge in [0, 0.05) is 42.7 Å². The van der Waals surface area contributed by atoms with Crippen LogP contribution in [-0.2, 0) is 11.2 Å². The predicted octanol–water partition coefficient (Wildman–Crippen LogP) is 1.91. The van der Waals surface area contributed by atoms with Crippen molar-refractivity contribution in [3.05, 3.63) is 36.0 Å². The van der Waals surface area contributed by atoms with Crippen LogP contribution in [0.2, 0.25) is 0 Å². The Hall–Kier alpha value is -1.81. The fourth-order valence-electron chi connectivity index (χ4n) is 2.93. The first-order valence-electron chi connectivity index (χ1n) is 7.23. The number of H-pyrrole nitrogens is 1. The first kappa shape index (κ1) is 13.2. The third-order valence-electron chi connectivity index (χ3n) is 4.31. The lowest BCUT2D eigenvalue weighted by Crippen LogP contribution is -2.32. The summed E-state index contributed by atoms with van der Waals surface area (Å²) in [5, 5.41) is 1.21. The highest BCUT2D eigenvalue weighted by atomic mass is 16.2. The maximum Gasteiger partial charge on any atom is 0.222 e. The van der Waals surface area contributed by atoms with E-state index in [0.717, 1.165) is 18.5 Å². The first-order chi connectivity index (χ1) is 9.65. The summed E-state index contributed by atoms with van der Waals surface area (Å²) in [5.74, 6) is 0.627. The highest BCUT2D eigenvalue weighted by Crippen LogP contribution is 2.20. The number of amides is 1. The molecule has 2 unspecified atom stereocenters. The second kappa shape index (κ2) is 5.29. The Kier molecular flexibility index (Phi) is 3.49. The van der Waals surface area contributed by atoms with E-state index >= 15 is 0 Å². The molecule has 0 radical (unpaired) electrons. The monoisotopic (exact) mass is 271 g/mol. The van der Waals surface area contributed by atoms with Crippen LogP contribution in [0.4, 0.5) is 0 Å². The highest BCUT2D eigenvalue weighted by molar-refractivity contribution is 5.84. The van der Waals surface area contributed by atoms with Crippen LogP contribution in [0.3, 0.4) is 0 Å². The van der Waals surface area contributed by atoms with E-state index < -0.39 is 0 Å². The molecule has 1 amide bonds. The van der Waals surface area contributed by atoms with Crippen LogP contribution in [0.25, 0.3) is 10.9 Å². The third kappa shape index (κ3) is 2.43. The van der Waals surface area contributed by atoms with Gasteiger partial charge in [0.1, 0.15) is 0 Å². The molecule has 20 heavy (non-hydrogen) atoms. The molecule has 0 saturated carbocycles. The summed E-state index contributed by atoms with van der Waals surface area (Å²) >= 11 is 0. The number of nitrogens with one attached hydrogen (secondary N) is 1. The number of aryl methyl sites for hydroxylation is 1. The number of aromatic amines is 1. The van der Waals surface area contributed by atoms with Gasteiger partial charge in [-0.3, -0.25) is 4.79 Å². The Morgan fingerprint density at radius 3 is 2.95 bits per heavy atom. The Morgan fingerprint density at radius 1 is 1.40 bits per heavy atom. The van der Waals surface area contributed by atoms with Crippen molar-refractivity contribution in [3.63, 3.8) is 0 Å². The standard InChI is InChI=1S/C16H21N3O/c1-11-9-19(10-14(11)17)16(20)7-6-12-8-18-15-5-3-2-4-13(12)15/h2-5,8,11,14,18H,6-7,9-10,17H2,1H3. The Bertz CT molecular complexity index is 609. The lowest BCUT2D eigenvalue weighted by molar-refractivity contribution is -0.130. The molecule has 0 aliphatic carbocycles. The van der Waals surface area contributed by atoms with E-state index in [1.807, 2.05) is 23.2 Å². The lowest BCUT2D eigenvalue weighted by Gasteiger charge is -2.15. The van der Waals surface area contributed by atoms with Gasteiger partial charge in [0.05, 0.1) is 0 Å². The van der Waals surface area contributed by atoms with Gasteiger partial charge in [-0.25, -0.2) is 0 Å². The van der Waals surface area contributed by atoms with Gasteiger partial charge in [-0.2, -0.15) is 0 Å². The van der Waals surface area contributed by atoms with E-state index in [-0.39, 0.29) is 11.9 Å². The van der Waals surface area contributed by atoms with Gasteiger partial charge in [0.15, 0.2) is 0 Å². The molecule has 3 rings (SSSR count). The number of benzene rings is 1. The van der Waals surface area contributed by atoms with Gasteiger partial charge in [0.2, 0.25) is 5.91 Å². The summed E-state index contributed by atoms with van der Waals surface area (Å²) in [7, 11) is 0. The average molecular weight is 271 g/mol. The van der Waals surface area contributed by atoms with E-state index in [2.05, 4.69) is 24.0 Å². The molecule has 1 aromatic heterocycles. The zero-order valence-corrected chi connectivity index (χ0v) is 11.8. The van der Waals surface area contributed by atoms with Crippen LogP contribution < -0.4 is 5.73 Å². The van der Waals surface area contributed by atoms with Crippen molar-refractivity contribution in [2.45, 2.75) is 25.8 Å². The van der Waals surface area contributed by atoms with Crippen molar-refractivity contribution in [1.82, 2.24) is 9.88 Å². The van der Waals surface area contributed by atoms with E-state index in [1.165, 1.54) is 10.9 Å². The van der Waals surface area contributed by atoms with Gasteiger partial charge in [0.25, 0.3) is 0 Å². The van der Waals surface area contributed by atoms with Gasteiger partial charge in [-0.1, -0.05) is 25.1 Å². The van der Waals surface area contributed by atoms with Gasteiger partial charge in [-0.05, 0) is 24.0 Å². The van der Waals surface area contributed by atoms with Crippen molar-refractivity contribution in [2.24, 2.45) is 11.7 Å². The second-order valence-corrected chi connectivity index (χ2v) is 5.80. The van der Waals surface area contributed by atoms with Crippen LogP contribution in [0, 0.1) is 5.92 Å². The topological polar surface area (TPSA) is 62.1 Å². The fourth-order valence-corrected chi connectivity index (χ4v) is 2.93. The van der Waals surface area contributed by atoms with Crippen molar-refractivity contribution < 1.29 is 4.79 Å². The molecule has 0 bridgehead atoms. The Morgan fingerprint density at radius 2 is 2.20 bits per heavy atom. The number of hydrogen-bond donors (Lipinski definition) is 2. The summed E-state index contributed by atoms with van der Waals surface area (Å²) in [6.45, 7) is 3.61. The summed E-state index contributed by atoms with van der Waals surface area (Å²) in [6, 6.07) is 8.33. The molecule has 3 N–H and O–H groups in total. The number of carbonyl (C=O) groups excluding carboxylic acids is 1. The molecule has 2 atom stereocenters. The maximum atomic E-state index is 12.2. The van der Waals surface area contributed by atoms with Crippen molar-refractivity contribution in [2.75, 3.05) is 13.1 Å². The van der Waals surface area contributed by atoms with E-state index in [1.54, 1.807) is 0 Å². The molecule has 4 nitrogen and oxygen atoms in total. The minimum atomic E-state index is 0.132. The van der Waals surface area contributed by atoms with Crippen LogP contribution in [0.1, 0.15) is 18.9 Å². The molecule has 1 aliphatic rings. The molecule has 1 saturated heterocycles. The minimum absolute atomic E-state index is 0.132. The summed E-state index contributed by atoms with van der Waals surface area (Å²) in [5.41, 5.74) is 8.32. The van der Waals surface area contributed by atoms with Crippen LogP contribution in [0.15, 0.2) is 30.5 Å². The largest absolute Gasteiger partial charge is 0.361 e. The molecular weight excluding hydrogens is 250 g/mol. The fraction of sp³-hybridized carbons (Fsp3) is 0.438. The van der Waals surface area contributed by atoms with Crippen LogP contribution in [0.5, 0.6) is 0 Å². The molecule has 2 aromatic rings. The van der Waals surface area contributed by atoms with Crippen molar-refractivity contribution in [3.8, 4) is 0 Å². The Balaban J connectivity index is 1.63. The molecular formula is C16H21N3O. The summed E-state index contributed by atoms with van der Waals surface area (Å²) in [4.78, 5) is 17.4. The van der Waals surface area contributed by atoms with E-state index in [0.29, 0.717) is 18.9 Å². The maximum absolute atomic E-state index is 12.2. The smallest absolute Gasteiger partial charge is 0.222 e. The number of hydrogen-bond acceptors (Lipinski definition) is 2. The molecule has 106 valence electrons. The number of rotatable bonds is 3. The SMILES string of the molecule is CC1CN(C(=O)CCc2c[nH]c3ccccc23)CC1N. The van der Waals surface area contributed by atoms with Gasteiger partial charge in [-0.15, -0.1) is 0 Å².